The van der Waals surface area contributed by atoms with Gasteiger partial charge in [0.15, 0.2) is 0 Å². The SMILES string of the molecule is COC1CC[C@@]2(C)C(=CC[C@H]3[C@@H]4CC[C@H](C(C)=O)[C@@]4(C)CC[C@@H]32)C1. The van der Waals surface area contributed by atoms with Gasteiger partial charge in [-0.3, -0.25) is 4.79 Å². The molecule has 0 aromatic heterocycles. The minimum atomic E-state index is 0.276. The first kappa shape index (κ1) is 16.8. The van der Waals surface area contributed by atoms with Gasteiger partial charge in [-0.2, -0.15) is 0 Å². The van der Waals surface area contributed by atoms with E-state index >= 15 is 0 Å². The van der Waals surface area contributed by atoms with Crippen molar-refractivity contribution in [3.8, 4) is 0 Å². The molecule has 0 bridgehead atoms. The molecule has 24 heavy (non-hydrogen) atoms. The Hall–Kier alpha value is -0.630. The molecule has 4 rings (SSSR count). The third-order valence-corrected chi connectivity index (χ3v) is 8.88. The van der Waals surface area contributed by atoms with Gasteiger partial charge in [0.25, 0.3) is 0 Å². The minimum Gasteiger partial charge on any atom is -0.381 e. The number of allylic oxidation sites excluding steroid dienone is 1. The third-order valence-electron chi connectivity index (χ3n) is 8.88. The number of ether oxygens (including phenoxy) is 1. The third kappa shape index (κ3) is 2.21. The number of carbonyl (C=O) groups is 1. The summed E-state index contributed by atoms with van der Waals surface area (Å²) < 4.78 is 5.67. The maximum Gasteiger partial charge on any atom is 0.133 e. The van der Waals surface area contributed by atoms with Crippen molar-refractivity contribution in [2.45, 2.75) is 78.2 Å². The molecule has 7 atom stereocenters. The van der Waals surface area contributed by atoms with Crippen LogP contribution in [-0.4, -0.2) is 19.0 Å². The standard InChI is InChI=1S/C22H34O2/c1-14(23)18-7-8-19-17-6-5-15-13-16(24-4)9-11-21(15,2)20(17)10-12-22(18,19)3/h5,16-20H,6-13H2,1-4H3/t16?,17-,18+,19-,20-,21-,22+/m0/s1. The molecular weight excluding hydrogens is 296 g/mol. The van der Waals surface area contributed by atoms with Gasteiger partial charge in [0.1, 0.15) is 5.78 Å². The molecule has 0 N–H and O–H groups in total. The summed E-state index contributed by atoms with van der Waals surface area (Å²) in [6, 6.07) is 0. The largest absolute Gasteiger partial charge is 0.381 e. The molecule has 2 nitrogen and oxygen atoms in total. The lowest BCUT2D eigenvalue weighted by Gasteiger charge is -2.58. The second kappa shape index (κ2) is 5.69. The van der Waals surface area contributed by atoms with Crippen molar-refractivity contribution in [3.05, 3.63) is 11.6 Å². The van der Waals surface area contributed by atoms with Gasteiger partial charge in [-0.05, 0) is 86.9 Å². The first-order chi connectivity index (χ1) is 11.4. The van der Waals surface area contributed by atoms with E-state index in [4.69, 9.17) is 4.74 Å². The lowest BCUT2D eigenvalue weighted by atomic mass is 9.47. The molecule has 3 saturated carbocycles. The number of Topliss-reactive ketones (excluding diaryl/α,β-unsaturated/α-hetero) is 1. The molecule has 0 aromatic carbocycles. The van der Waals surface area contributed by atoms with Crippen molar-refractivity contribution in [2.24, 2.45) is 34.5 Å². The monoisotopic (exact) mass is 330 g/mol. The fraction of sp³-hybridized carbons (Fsp3) is 0.864. The topological polar surface area (TPSA) is 26.3 Å². The van der Waals surface area contributed by atoms with E-state index in [1.807, 2.05) is 14.0 Å². The predicted octanol–water partition coefficient (Wildman–Crippen LogP) is 5.17. The van der Waals surface area contributed by atoms with Gasteiger partial charge in [0, 0.05) is 13.0 Å². The molecular formula is C22H34O2. The first-order valence-electron chi connectivity index (χ1n) is 10.1. The molecule has 0 saturated heterocycles. The van der Waals surface area contributed by atoms with Gasteiger partial charge in [-0.15, -0.1) is 0 Å². The van der Waals surface area contributed by atoms with Crippen molar-refractivity contribution < 1.29 is 9.53 Å². The summed E-state index contributed by atoms with van der Waals surface area (Å²) >= 11 is 0. The van der Waals surface area contributed by atoms with E-state index in [1.54, 1.807) is 5.57 Å². The van der Waals surface area contributed by atoms with Crippen molar-refractivity contribution in [1.29, 1.82) is 0 Å². The summed E-state index contributed by atoms with van der Waals surface area (Å²) in [5.41, 5.74) is 2.36. The number of rotatable bonds is 2. The average Bonchev–Trinajstić information content (AvgIpc) is 2.91. The molecule has 0 heterocycles. The van der Waals surface area contributed by atoms with E-state index in [-0.39, 0.29) is 5.41 Å². The highest BCUT2D eigenvalue weighted by molar-refractivity contribution is 5.79. The Bertz CT molecular complexity index is 564. The second-order valence-electron chi connectivity index (χ2n) is 9.64. The summed E-state index contributed by atoms with van der Waals surface area (Å²) in [6.45, 7) is 6.81. The van der Waals surface area contributed by atoms with Crippen LogP contribution in [-0.2, 0) is 9.53 Å². The van der Waals surface area contributed by atoms with Crippen LogP contribution in [0.3, 0.4) is 0 Å². The maximum absolute atomic E-state index is 12.2. The lowest BCUT2D eigenvalue weighted by molar-refractivity contribution is -0.127. The Morgan fingerprint density at radius 2 is 1.92 bits per heavy atom. The second-order valence-corrected chi connectivity index (χ2v) is 9.64. The number of hydrogen-bond donors (Lipinski definition) is 0. The zero-order valence-electron chi connectivity index (χ0n) is 15.9. The zero-order chi connectivity index (χ0) is 17.1. The van der Waals surface area contributed by atoms with Gasteiger partial charge in [0.05, 0.1) is 6.10 Å². The quantitative estimate of drug-likeness (QED) is 0.653. The average molecular weight is 331 g/mol. The van der Waals surface area contributed by atoms with Crippen LogP contribution in [0.5, 0.6) is 0 Å². The van der Waals surface area contributed by atoms with E-state index in [2.05, 4.69) is 19.9 Å². The van der Waals surface area contributed by atoms with Gasteiger partial charge < -0.3 is 4.74 Å². The summed E-state index contributed by atoms with van der Waals surface area (Å²) in [5, 5.41) is 0. The Kier molecular flexibility index (Phi) is 3.99. The molecule has 3 fully saturated rings. The Morgan fingerprint density at radius 1 is 1.12 bits per heavy atom. The van der Waals surface area contributed by atoms with Gasteiger partial charge in [-0.1, -0.05) is 25.5 Å². The van der Waals surface area contributed by atoms with Crippen LogP contribution >= 0.6 is 0 Å². The number of fused-ring (bicyclic) bond motifs is 5. The van der Waals surface area contributed by atoms with Crippen LogP contribution in [0.2, 0.25) is 0 Å². The molecule has 1 unspecified atom stereocenters. The van der Waals surface area contributed by atoms with Gasteiger partial charge in [0.2, 0.25) is 0 Å². The van der Waals surface area contributed by atoms with Crippen LogP contribution in [0.15, 0.2) is 11.6 Å². The number of hydrogen-bond acceptors (Lipinski definition) is 2. The van der Waals surface area contributed by atoms with E-state index in [0.717, 1.165) is 30.6 Å². The smallest absolute Gasteiger partial charge is 0.133 e. The molecule has 0 aliphatic heterocycles. The fourth-order valence-corrected chi connectivity index (χ4v) is 7.50. The molecule has 0 spiro atoms. The first-order valence-corrected chi connectivity index (χ1v) is 10.1. The minimum absolute atomic E-state index is 0.276. The van der Waals surface area contributed by atoms with Crippen LogP contribution in [0.4, 0.5) is 0 Å². The van der Waals surface area contributed by atoms with E-state index in [0.29, 0.717) is 23.2 Å². The van der Waals surface area contributed by atoms with Crippen LogP contribution in [0.1, 0.15) is 72.1 Å². The lowest BCUT2D eigenvalue weighted by Crippen LogP contribution is -2.51. The van der Waals surface area contributed by atoms with E-state index in [9.17, 15) is 4.79 Å². The Labute approximate surface area is 147 Å². The fourth-order valence-electron chi connectivity index (χ4n) is 7.50. The van der Waals surface area contributed by atoms with Gasteiger partial charge in [-0.25, -0.2) is 0 Å². The molecule has 134 valence electrons. The Balaban J connectivity index is 1.63. The molecule has 0 amide bonds. The molecule has 0 radical (unpaired) electrons. The van der Waals surface area contributed by atoms with E-state index < -0.39 is 0 Å². The van der Waals surface area contributed by atoms with Crippen LogP contribution < -0.4 is 0 Å². The van der Waals surface area contributed by atoms with Crippen molar-refractivity contribution in [3.63, 3.8) is 0 Å². The maximum atomic E-state index is 12.2. The van der Waals surface area contributed by atoms with Crippen LogP contribution in [0, 0.1) is 34.5 Å². The number of carbonyl (C=O) groups excluding carboxylic acids is 1. The van der Waals surface area contributed by atoms with Crippen molar-refractivity contribution in [1.82, 2.24) is 0 Å². The normalized spacial score (nSPS) is 50.5. The predicted molar refractivity (Wildman–Crippen MR) is 96.7 cm³/mol. The van der Waals surface area contributed by atoms with Crippen molar-refractivity contribution in [2.75, 3.05) is 7.11 Å². The van der Waals surface area contributed by atoms with Crippen molar-refractivity contribution >= 4 is 5.78 Å². The molecule has 2 heteroatoms. The number of methoxy groups -OCH3 is 1. The highest BCUT2D eigenvalue weighted by Crippen LogP contribution is 2.66. The summed E-state index contributed by atoms with van der Waals surface area (Å²) in [6.07, 6.45) is 12.9. The summed E-state index contributed by atoms with van der Waals surface area (Å²) in [4.78, 5) is 12.2. The van der Waals surface area contributed by atoms with Gasteiger partial charge >= 0.3 is 0 Å². The highest BCUT2D eigenvalue weighted by atomic mass is 16.5. The highest BCUT2D eigenvalue weighted by Gasteiger charge is 2.59. The molecule has 4 aliphatic rings. The Morgan fingerprint density at radius 3 is 2.62 bits per heavy atom. The molecule has 4 aliphatic carbocycles. The zero-order valence-corrected chi connectivity index (χ0v) is 15.9. The van der Waals surface area contributed by atoms with Crippen LogP contribution in [0.25, 0.3) is 0 Å². The molecule has 0 aromatic rings. The number of ketones is 1. The van der Waals surface area contributed by atoms with E-state index in [1.165, 1.54) is 38.5 Å². The summed E-state index contributed by atoms with van der Waals surface area (Å²) in [5.74, 6) is 3.17. The summed E-state index contributed by atoms with van der Waals surface area (Å²) in [7, 11) is 1.87.